The van der Waals surface area contributed by atoms with Crippen molar-refractivity contribution in [1.29, 1.82) is 0 Å². The Morgan fingerprint density at radius 3 is 2.04 bits per heavy atom. The molecular formula is C38H69NO14. The Kier molecular flexibility index (Phi) is 15.9. The Labute approximate surface area is 315 Å². The van der Waals surface area contributed by atoms with Crippen LogP contribution in [0.5, 0.6) is 0 Å². The number of ketones is 1. The summed E-state index contributed by atoms with van der Waals surface area (Å²) in [5.41, 5.74) is -4.72. The Morgan fingerprint density at radius 1 is 0.887 bits per heavy atom. The number of esters is 1. The summed E-state index contributed by atoms with van der Waals surface area (Å²) in [6.45, 7) is 14.5. The number of aliphatic hydroxyl groups excluding tert-OH is 4. The van der Waals surface area contributed by atoms with Crippen LogP contribution in [0.4, 0.5) is 0 Å². The number of likely N-dealkylation sites (N-methyl/N-ethyl adjacent to an activating group) is 1. The van der Waals surface area contributed by atoms with Crippen molar-refractivity contribution in [3.8, 4) is 0 Å². The van der Waals surface area contributed by atoms with Crippen molar-refractivity contribution in [2.24, 2.45) is 23.7 Å². The highest BCUT2D eigenvalue weighted by atomic mass is 16.7. The Bertz CT molecular complexity index is 1200. The highest BCUT2D eigenvalue weighted by Crippen LogP contribution is 2.42. The fraction of sp³-hybridized carbons (Fsp3) is 0.947. The number of Topliss-reactive ketones (excluding diaryl/α,β-unsaturated/α-hetero) is 1. The minimum absolute atomic E-state index is 0.0786. The van der Waals surface area contributed by atoms with E-state index in [9.17, 15) is 35.1 Å². The zero-order chi connectivity index (χ0) is 40.4. The van der Waals surface area contributed by atoms with Gasteiger partial charge in [0, 0.05) is 44.4 Å². The van der Waals surface area contributed by atoms with Gasteiger partial charge in [-0.3, -0.25) is 9.59 Å². The van der Waals surface area contributed by atoms with Gasteiger partial charge in [-0.2, -0.15) is 0 Å². The molecule has 0 bridgehead atoms. The molecule has 0 aliphatic carbocycles. The van der Waals surface area contributed by atoms with Gasteiger partial charge in [-0.25, -0.2) is 0 Å². The number of ether oxygens (including phenoxy) is 7. The summed E-state index contributed by atoms with van der Waals surface area (Å²) in [6.07, 6.45) is -9.86. The normalized spacial score (nSPS) is 48.3. The van der Waals surface area contributed by atoms with E-state index in [0.717, 1.165) is 0 Å². The second-order valence-corrected chi connectivity index (χ2v) is 16.5. The summed E-state index contributed by atoms with van der Waals surface area (Å²) < 4.78 is 43.6. The number of hydrogen-bond donors (Lipinski definition) is 5. The summed E-state index contributed by atoms with van der Waals surface area (Å²) in [6, 6.07) is -0.307. The van der Waals surface area contributed by atoms with Crippen LogP contribution in [0.15, 0.2) is 0 Å². The largest absolute Gasteiger partial charge is 0.459 e. The van der Waals surface area contributed by atoms with Crippen molar-refractivity contribution >= 4 is 11.8 Å². The molecule has 15 nitrogen and oxygen atoms in total. The molecule has 18 atom stereocenters. The summed E-state index contributed by atoms with van der Waals surface area (Å²) in [5, 5.41) is 56.0. The molecule has 3 heterocycles. The molecule has 0 radical (unpaired) electrons. The van der Waals surface area contributed by atoms with Crippen molar-refractivity contribution in [3.05, 3.63) is 0 Å². The lowest BCUT2D eigenvalue weighted by molar-refractivity contribution is -0.323. The Hall–Kier alpha value is -1.34. The van der Waals surface area contributed by atoms with Gasteiger partial charge in [-0.05, 0) is 68.0 Å². The van der Waals surface area contributed by atoms with Gasteiger partial charge in [0.25, 0.3) is 0 Å². The lowest BCUT2D eigenvalue weighted by atomic mass is 9.74. The first-order valence-corrected chi connectivity index (χ1v) is 19.1. The van der Waals surface area contributed by atoms with Crippen LogP contribution < -0.4 is 0 Å². The minimum Gasteiger partial charge on any atom is -0.459 e. The highest BCUT2D eigenvalue weighted by Gasteiger charge is 2.54. The molecule has 3 rings (SSSR count). The summed E-state index contributed by atoms with van der Waals surface area (Å²) in [5.74, 6) is -4.71. The van der Waals surface area contributed by atoms with Gasteiger partial charge in [-0.1, -0.05) is 27.7 Å². The van der Waals surface area contributed by atoms with E-state index in [0.29, 0.717) is 6.42 Å². The van der Waals surface area contributed by atoms with E-state index in [1.54, 1.807) is 41.5 Å². The van der Waals surface area contributed by atoms with Crippen LogP contribution in [0.3, 0.4) is 0 Å². The number of carbonyl (C=O) groups excluding carboxylic acids is 2. The van der Waals surface area contributed by atoms with E-state index in [-0.39, 0.29) is 37.2 Å². The molecular weight excluding hydrogens is 694 g/mol. The molecule has 0 aromatic rings. The molecule has 3 aliphatic heterocycles. The number of nitrogens with zero attached hydrogens (tertiary/aromatic N) is 1. The van der Waals surface area contributed by atoms with Crippen molar-refractivity contribution in [2.75, 3.05) is 34.9 Å². The molecule has 0 unspecified atom stereocenters. The zero-order valence-corrected chi connectivity index (χ0v) is 34.1. The van der Waals surface area contributed by atoms with Gasteiger partial charge in [-0.15, -0.1) is 0 Å². The monoisotopic (exact) mass is 763 g/mol. The maximum atomic E-state index is 14.2. The fourth-order valence-electron chi connectivity index (χ4n) is 8.69. The molecule has 3 aliphatic rings. The van der Waals surface area contributed by atoms with E-state index in [1.807, 2.05) is 25.9 Å². The van der Waals surface area contributed by atoms with Crippen molar-refractivity contribution in [2.45, 2.75) is 172 Å². The number of methoxy groups -OCH3 is 2. The van der Waals surface area contributed by atoms with Gasteiger partial charge in [0.1, 0.15) is 35.3 Å². The molecule has 0 spiro atoms. The zero-order valence-electron chi connectivity index (χ0n) is 34.1. The molecule has 53 heavy (non-hydrogen) atoms. The quantitative estimate of drug-likeness (QED) is 0.211. The van der Waals surface area contributed by atoms with Gasteiger partial charge in [0.05, 0.1) is 48.6 Å². The predicted octanol–water partition coefficient (Wildman–Crippen LogP) is 1.41. The predicted molar refractivity (Wildman–Crippen MR) is 192 cm³/mol. The first kappa shape index (κ1) is 46.0. The molecule has 5 N–H and O–H groups in total. The molecule has 0 amide bonds. The van der Waals surface area contributed by atoms with E-state index in [4.69, 9.17) is 33.2 Å². The summed E-state index contributed by atoms with van der Waals surface area (Å²) in [7, 11) is 6.58. The number of cyclic esters (lactones) is 1. The topological polar surface area (TPSA) is 203 Å². The fourth-order valence-corrected chi connectivity index (χ4v) is 8.69. The standard InChI is InChI=1S/C38H69NO14/c1-14-26-37(9,46)31(43)21(4)28(41)19(2)16-36(8,47-12)33(53-35-29(42)25(39(10)11)15-20(3)49-35)22(5)30(23(6)34(45)51-26)52-27-17-38(18-40,48-13)32(44)24(7)50-27/h19-27,29-33,35,40,42-44,46H,14-18H2,1-13H3/t19-,20-,21+,22+,23-,24+,25+,26-,27+,29-,30+,31-,32+,33-,35+,36-,37-,38+/m1/s1. The van der Waals surface area contributed by atoms with E-state index in [2.05, 4.69) is 0 Å². The van der Waals surface area contributed by atoms with Gasteiger partial charge in [0.2, 0.25) is 0 Å². The smallest absolute Gasteiger partial charge is 0.311 e. The van der Waals surface area contributed by atoms with Crippen LogP contribution in [0.1, 0.15) is 88.0 Å². The molecule has 15 heteroatoms. The van der Waals surface area contributed by atoms with Gasteiger partial charge >= 0.3 is 5.97 Å². The number of carbonyl (C=O) groups is 2. The molecule has 310 valence electrons. The second kappa shape index (κ2) is 18.3. The van der Waals surface area contributed by atoms with Crippen LogP contribution in [0.25, 0.3) is 0 Å². The maximum Gasteiger partial charge on any atom is 0.311 e. The summed E-state index contributed by atoms with van der Waals surface area (Å²) in [4.78, 5) is 30.1. The van der Waals surface area contributed by atoms with Crippen molar-refractivity contribution < 1.29 is 68.3 Å². The SMILES string of the molecule is CC[C@H]1OC(=O)[C@H](C)[C@@H](O[C@H]2C[C@@](CO)(OC)[C@@H](O)[C@H](C)O2)[C@H](C)[C@@H](O[C@@H]2O[C@H](C)C[C@H](N(C)C)[C@H]2O)[C@](C)(OC)C[C@@H](C)C(=O)[C@H](C)[C@@H](O)[C@]1(C)O. The molecule has 0 saturated carbocycles. The van der Waals surface area contributed by atoms with Crippen LogP contribution in [-0.2, 0) is 42.7 Å². The molecule has 3 saturated heterocycles. The van der Waals surface area contributed by atoms with Crippen molar-refractivity contribution in [3.63, 3.8) is 0 Å². The lowest BCUT2D eigenvalue weighted by Gasteiger charge is -2.50. The van der Waals surface area contributed by atoms with Crippen LogP contribution >= 0.6 is 0 Å². The van der Waals surface area contributed by atoms with E-state index in [1.165, 1.54) is 28.1 Å². The highest BCUT2D eigenvalue weighted by molar-refractivity contribution is 5.83. The van der Waals surface area contributed by atoms with E-state index < -0.39 is 108 Å². The number of aliphatic hydroxyl groups is 5. The van der Waals surface area contributed by atoms with Crippen LogP contribution in [-0.4, -0.2) is 161 Å². The maximum absolute atomic E-state index is 14.2. The summed E-state index contributed by atoms with van der Waals surface area (Å²) >= 11 is 0. The molecule has 3 fully saturated rings. The van der Waals surface area contributed by atoms with Crippen molar-refractivity contribution in [1.82, 2.24) is 4.90 Å². The first-order chi connectivity index (χ1) is 24.5. The van der Waals surface area contributed by atoms with E-state index >= 15 is 0 Å². The third-order valence-corrected chi connectivity index (χ3v) is 12.3. The Morgan fingerprint density at radius 2 is 1.51 bits per heavy atom. The lowest BCUT2D eigenvalue weighted by Crippen LogP contribution is -2.62. The average molecular weight is 764 g/mol. The van der Waals surface area contributed by atoms with Gasteiger partial charge < -0.3 is 63.6 Å². The third-order valence-electron chi connectivity index (χ3n) is 12.3. The third kappa shape index (κ3) is 9.62. The second-order valence-electron chi connectivity index (χ2n) is 16.5. The minimum atomic E-state index is -1.99. The molecule has 0 aromatic carbocycles. The number of rotatable bonds is 9. The average Bonchev–Trinajstić information content (AvgIpc) is 3.11. The van der Waals surface area contributed by atoms with Crippen LogP contribution in [0.2, 0.25) is 0 Å². The van der Waals surface area contributed by atoms with Crippen LogP contribution in [0, 0.1) is 23.7 Å². The van der Waals surface area contributed by atoms with Gasteiger partial charge in [0.15, 0.2) is 12.6 Å². The first-order valence-electron chi connectivity index (χ1n) is 19.1. The number of hydrogen-bond acceptors (Lipinski definition) is 15. The molecule has 0 aromatic heterocycles. The Balaban J connectivity index is 2.23.